The summed E-state index contributed by atoms with van der Waals surface area (Å²) >= 11 is 0. The fourth-order valence-electron chi connectivity index (χ4n) is 0.863. The van der Waals surface area contributed by atoms with Crippen molar-refractivity contribution in [3.05, 3.63) is 24.0 Å². The van der Waals surface area contributed by atoms with E-state index >= 15 is 0 Å². The summed E-state index contributed by atoms with van der Waals surface area (Å²) in [6, 6.07) is 3.63. The summed E-state index contributed by atoms with van der Waals surface area (Å²) in [6.07, 6.45) is 0. The third-order valence-corrected chi connectivity index (χ3v) is 1.93. The van der Waals surface area contributed by atoms with E-state index in [1.54, 1.807) is 0 Å². The molecule has 1 aromatic rings. The third-order valence-electron chi connectivity index (χ3n) is 1.43. The molecule has 0 aromatic heterocycles. The largest absolute Gasteiger partial charge is 0.497 e. The molecule has 78 valence electrons. The van der Waals surface area contributed by atoms with Crippen molar-refractivity contribution >= 4 is 15.9 Å². The molecule has 1 aromatic carbocycles. The van der Waals surface area contributed by atoms with E-state index in [4.69, 9.17) is 4.74 Å². The first-order chi connectivity index (χ1) is 6.42. The SMILES string of the molecule is COc1ccc(F)c(NS(N)(=O)=O)c1. The molecule has 0 atom stereocenters. The van der Waals surface area contributed by atoms with Gasteiger partial charge in [0, 0.05) is 6.07 Å². The van der Waals surface area contributed by atoms with E-state index in [2.05, 4.69) is 5.14 Å². The zero-order valence-electron chi connectivity index (χ0n) is 7.32. The molecule has 0 saturated heterocycles. The smallest absolute Gasteiger partial charge is 0.296 e. The van der Waals surface area contributed by atoms with Crippen molar-refractivity contribution in [2.75, 3.05) is 11.8 Å². The van der Waals surface area contributed by atoms with Crippen LogP contribution in [0.25, 0.3) is 0 Å². The van der Waals surface area contributed by atoms with Gasteiger partial charge in [-0.25, -0.2) is 9.53 Å². The first kappa shape index (κ1) is 10.7. The Labute approximate surface area is 80.9 Å². The van der Waals surface area contributed by atoms with Gasteiger partial charge in [0.1, 0.15) is 11.6 Å². The van der Waals surface area contributed by atoms with Gasteiger partial charge in [-0.05, 0) is 12.1 Å². The summed E-state index contributed by atoms with van der Waals surface area (Å²) in [6.45, 7) is 0. The molecule has 5 nitrogen and oxygen atoms in total. The molecule has 0 heterocycles. The zero-order valence-corrected chi connectivity index (χ0v) is 8.14. The Bertz CT molecular complexity index is 433. The fourth-order valence-corrected chi connectivity index (χ4v) is 1.33. The molecule has 7 heteroatoms. The van der Waals surface area contributed by atoms with E-state index < -0.39 is 16.0 Å². The number of benzene rings is 1. The lowest BCUT2D eigenvalue weighted by atomic mass is 10.3. The van der Waals surface area contributed by atoms with Crippen LogP contribution in [-0.4, -0.2) is 15.5 Å². The van der Waals surface area contributed by atoms with Crippen LogP contribution in [0, 0.1) is 5.82 Å². The summed E-state index contributed by atoms with van der Waals surface area (Å²) in [5.41, 5.74) is -0.244. The van der Waals surface area contributed by atoms with Crippen molar-refractivity contribution in [2.45, 2.75) is 0 Å². The molecular formula is C7H9FN2O3S. The lowest BCUT2D eigenvalue weighted by molar-refractivity contribution is 0.414. The number of hydrogen-bond donors (Lipinski definition) is 2. The van der Waals surface area contributed by atoms with Crippen LogP contribution in [-0.2, 0) is 10.2 Å². The second-order valence-corrected chi connectivity index (χ2v) is 3.79. The highest BCUT2D eigenvalue weighted by Crippen LogP contribution is 2.21. The third kappa shape index (κ3) is 2.86. The summed E-state index contributed by atoms with van der Waals surface area (Å²) in [4.78, 5) is 0. The van der Waals surface area contributed by atoms with Gasteiger partial charge >= 0.3 is 0 Å². The summed E-state index contributed by atoms with van der Waals surface area (Å²) < 4.78 is 40.8. The second kappa shape index (κ2) is 3.81. The number of methoxy groups -OCH3 is 1. The van der Waals surface area contributed by atoms with Gasteiger partial charge in [-0.2, -0.15) is 8.42 Å². The molecule has 0 fully saturated rings. The van der Waals surface area contributed by atoms with Crippen LogP contribution in [0.15, 0.2) is 18.2 Å². The summed E-state index contributed by atoms with van der Waals surface area (Å²) in [5.74, 6) is -0.391. The van der Waals surface area contributed by atoms with Crippen LogP contribution >= 0.6 is 0 Å². The van der Waals surface area contributed by atoms with E-state index in [0.29, 0.717) is 5.75 Å². The van der Waals surface area contributed by atoms with Gasteiger partial charge in [0.25, 0.3) is 10.2 Å². The van der Waals surface area contributed by atoms with Gasteiger partial charge in [-0.15, -0.1) is 0 Å². The average Bonchev–Trinajstić information content (AvgIpc) is 2.06. The number of nitrogens with two attached hydrogens (primary N) is 1. The molecule has 0 aliphatic heterocycles. The Morgan fingerprint density at radius 2 is 2.14 bits per heavy atom. The van der Waals surface area contributed by atoms with E-state index in [-0.39, 0.29) is 5.69 Å². The molecule has 0 saturated carbocycles. The predicted octanol–water partition coefficient (Wildman–Crippen LogP) is 0.450. The Morgan fingerprint density at radius 3 is 2.64 bits per heavy atom. The highest BCUT2D eigenvalue weighted by atomic mass is 32.2. The van der Waals surface area contributed by atoms with Crippen molar-refractivity contribution in [3.63, 3.8) is 0 Å². The van der Waals surface area contributed by atoms with E-state index in [1.165, 1.54) is 19.2 Å². The van der Waals surface area contributed by atoms with Crippen LogP contribution in [0.4, 0.5) is 10.1 Å². The lowest BCUT2D eigenvalue weighted by Crippen LogP contribution is -2.22. The number of hydrogen-bond acceptors (Lipinski definition) is 3. The monoisotopic (exact) mass is 220 g/mol. The maximum atomic E-state index is 13.0. The number of nitrogens with one attached hydrogen (secondary N) is 1. The van der Waals surface area contributed by atoms with Gasteiger partial charge in [0.2, 0.25) is 0 Å². The Kier molecular flexibility index (Phi) is 2.92. The van der Waals surface area contributed by atoms with Crippen LogP contribution in [0.3, 0.4) is 0 Å². The normalized spacial score (nSPS) is 11.1. The molecule has 1 rings (SSSR count). The molecule has 0 aliphatic carbocycles. The summed E-state index contributed by atoms with van der Waals surface area (Å²) in [5, 5.41) is 4.68. The quantitative estimate of drug-likeness (QED) is 0.775. The van der Waals surface area contributed by atoms with Crippen molar-refractivity contribution in [3.8, 4) is 5.75 Å². The molecule has 0 spiro atoms. The minimum atomic E-state index is -3.97. The zero-order chi connectivity index (χ0) is 10.8. The van der Waals surface area contributed by atoms with Crippen molar-refractivity contribution < 1.29 is 17.5 Å². The molecule has 0 amide bonds. The van der Waals surface area contributed by atoms with Crippen LogP contribution in [0.5, 0.6) is 5.75 Å². The second-order valence-electron chi connectivity index (χ2n) is 2.49. The number of ether oxygens (including phenoxy) is 1. The van der Waals surface area contributed by atoms with Gasteiger partial charge in [0.15, 0.2) is 0 Å². The van der Waals surface area contributed by atoms with Crippen molar-refractivity contribution in [2.24, 2.45) is 5.14 Å². The number of rotatable bonds is 3. The average molecular weight is 220 g/mol. The van der Waals surface area contributed by atoms with Crippen LogP contribution in [0.2, 0.25) is 0 Å². The van der Waals surface area contributed by atoms with Gasteiger partial charge in [-0.3, -0.25) is 4.72 Å². The molecular weight excluding hydrogens is 211 g/mol. The van der Waals surface area contributed by atoms with Crippen LogP contribution < -0.4 is 14.6 Å². The molecule has 0 unspecified atom stereocenters. The highest BCUT2D eigenvalue weighted by Gasteiger charge is 2.08. The molecule has 0 aliphatic rings. The highest BCUT2D eigenvalue weighted by molar-refractivity contribution is 7.90. The topological polar surface area (TPSA) is 81.4 Å². The van der Waals surface area contributed by atoms with Crippen LogP contribution in [0.1, 0.15) is 0 Å². The molecule has 0 bridgehead atoms. The maximum absolute atomic E-state index is 13.0. The van der Waals surface area contributed by atoms with Crippen molar-refractivity contribution in [1.29, 1.82) is 0 Å². The van der Waals surface area contributed by atoms with Gasteiger partial charge in [-0.1, -0.05) is 0 Å². The predicted molar refractivity (Wildman–Crippen MR) is 49.7 cm³/mol. The van der Waals surface area contributed by atoms with E-state index in [1.807, 2.05) is 4.72 Å². The Balaban J connectivity index is 3.07. The fraction of sp³-hybridized carbons (Fsp3) is 0.143. The minimum absolute atomic E-state index is 0.244. The van der Waals surface area contributed by atoms with E-state index in [0.717, 1.165) is 6.07 Å². The number of halogens is 1. The molecule has 0 radical (unpaired) electrons. The molecule has 3 N–H and O–H groups in total. The van der Waals surface area contributed by atoms with Gasteiger partial charge in [0.05, 0.1) is 12.8 Å². The maximum Gasteiger partial charge on any atom is 0.296 e. The minimum Gasteiger partial charge on any atom is -0.497 e. The van der Waals surface area contributed by atoms with E-state index in [9.17, 15) is 12.8 Å². The Morgan fingerprint density at radius 1 is 1.50 bits per heavy atom. The number of anilines is 1. The molecule has 14 heavy (non-hydrogen) atoms. The summed E-state index contributed by atoms with van der Waals surface area (Å²) in [7, 11) is -2.59. The lowest BCUT2D eigenvalue weighted by Gasteiger charge is -2.06. The first-order valence-electron chi connectivity index (χ1n) is 3.56. The van der Waals surface area contributed by atoms with Gasteiger partial charge < -0.3 is 4.74 Å². The Hall–Kier alpha value is -1.34. The standard InChI is InChI=1S/C7H9FN2O3S/c1-13-5-2-3-6(8)7(4-5)10-14(9,11)12/h2-4,10H,1H3,(H2,9,11,12). The first-order valence-corrected chi connectivity index (χ1v) is 5.11. The van der Waals surface area contributed by atoms with Crippen molar-refractivity contribution in [1.82, 2.24) is 0 Å².